The summed E-state index contributed by atoms with van der Waals surface area (Å²) < 4.78 is 26.7. The van der Waals surface area contributed by atoms with Gasteiger partial charge >= 0.3 is 0 Å². The van der Waals surface area contributed by atoms with Gasteiger partial charge in [-0.25, -0.2) is 8.78 Å². The molecule has 1 N–H and O–H groups in total. The molecule has 1 aromatic carbocycles. The molecule has 0 saturated heterocycles. The van der Waals surface area contributed by atoms with Crippen LogP contribution in [0.2, 0.25) is 0 Å². The van der Waals surface area contributed by atoms with Gasteiger partial charge < -0.3 is 5.32 Å². The number of benzene rings is 1. The smallest absolute Gasteiger partial charge is 0.225 e. The van der Waals surface area contributed by atoms with Gasteiger partial charge in [0.2, 0.25) is 5.91 Å². The summed E-state index contributed by atoms with van der Waals surface area (Å²) in [5, 5.41) is 3.50. The molecule has 18 heavy (non-hydrogen) atoms. The molecule has 0 unspecified atom stereocenters. The third-order valence-electron chi connectivity index (χ3n) is 2.60. The second kappa shape index (κ2) is 6.27. The maximum Gasteiger partial charge on any atom is 0.225 e. The molecule has 0 bridgehead atoms. The van der Waals surface area contributed by atoms with Crippen molar-refractivity contribution in [1.82, 2.24) is 5.32 Å². The van der Waals surface area contributed by atoms with Crippen molar-refractivity contribution in [2.75, 3.05) is 5.33 Å². The Labute approximate surface area is 114 Å². The molecule has 0 heterocycles. The van der Waals surface area contributed by atoms with E-state index in [2.05, 4.69) is 21.2 Å². The molecule has 1 rings (SSSR count). The molecule has 0 aromatic heterocycles. The second-order valence-corrected chi connectivity index (χ2v) is 5.54. The minimum atomic E-state index is -0.691. The molecule has 100 valence electrons. The van der Waals surface area contributed by atoms with Crippen LogP contribution in [0.15, 0.2) is 18.2 Å². The highest BCUT2D eigenvalue weighted by Gasteiger charge is 2.21. The van der Waals surface area contributed by atoms with Crippen LogP contribution in [0.3, 0.4) is 0 Å². The van der Waals surface area contributed by atoms with Crippen molar-refractivity contribution < 1.29 is 13.6 Å². The maximum atomic E-state index is 13.4. The number of hydrogen-bond donors (Lipinski definition) is 1. The quantitative estimate of drug-likeness (QED) is 0.830. The Morgan fingerprint density at radius 1 is 1.33 bits per heavy atom. The van der Waals surface area contributed by atoms with Crippen molar-refractivity contribution in [2.24, 2.45) is 0 Å². The molecule has 1 aromatic rings. The van der Waals surface area contributed by atoms with Crippen molar-refractivity contribution in [3.05, 3.63) is 35.4 Å². The third kappa shape index (κ3) is 4.37. The average Bonchev–Trinajstić information content (AvgIpc) is 2.22. The van der Waals surface area contributed by atoms with Crippen LogP contribution in [0.1, 0.15) is 25.8 Å². The Hall–Kier alpha value is -0.970. The van der Waals surface area contributed by atoms with E-state index in [1.165, 1.54) is 6.07 Å². The number of amides is 1. The van der Waals surface area contributed by atoms with Crippen molar-refractivity contribution in [2.45, 2.75) is 32.2 Å². The van der Waals surface area contributed by atoms with Crippen molar-refractivity contribution in [3.63, 3.8) is 0 Å². The van der Waals surface area contributed by atoms with Crippen LogP contribution < -0.4 is 5.32 Å². The minimum absolute atomic E-state index is 0.190. The Balaban J connectivity index is 2.71. The Bertz CT molecular complexity index is 415. The molecule has 0 aliphatic carbocycles. The molecule has 0 radical (unpaired) electrons. The van der Waals surface area contributed by atoms with Crippen LogP contribution in [-0.4, -0.2) is 16.8 Å². The first-order valence-corrected chi connectivity index (χ1v) is 6.78. The molecular formula is C13H16BrF2NO. The maximum absolute atomic E-state index is 13.4. The summed E-state index contributed by atoms with van der Waals surface area (Å²) >= 11 is 3.29. The lowest BCUT2D eigenvalue weighted by Crippen LogP contribution is -2.44. The Morgan fingerprint density at radius 3 is 2.39 bits per heavy atom. The molecule has 0 aliphatic rings. The summed E-state index contributed by atoms with van der Waals surface area (Å²) in [5.74, 6) is -1.77. The molecule has 0 aliphatic heterocycles. The number of nitrogens with one attached hydrogen (secondary N) is 1. The minimum Gasteiger partial charge on any atom is -0.351 e. The fourth-order valence-electron chi connectivity index (χ4n) is 1.58. The van der Waals surface area contributed by atoms with Crippen LogP contribution in [0.5, 0.6) is 0 Å². The predicted octanol–water partition coefficient (Wildman–Crippen LogP) is 3.19. The van der Waals surface area contributed by atoms with E-state index in [1.807, 2.05) is 13.8 Å². The molecule has 0 spiro atoms. The fraction of sp³-hybridized carbons (Fsp3) is 0.462. The highest BCUT2D eigenvalue weighted by Crippen LogP contribution is 2.14. The molecule has 0 saturated carbocycles. The van der Waals surface area contributed by atoms with E-state index < -0.39 is 17.2 Å². The topological polar surface area (TPSA) is 29.1 Å². The standard InChI is InChI=1S/C13H16BrF2NO/c1-13(2,6-7-14)17-12(18)8-9-10(15)4-3-5-11(9)16/h3-5H,6-8H2,1-2H3,(H,17,18). The van der Waals surface area contributed by atoms with E-state index in [9.17, 15) is 13.6 Å². The molecule has 0 fully saturated rings. The van der Waals surface area contributed by atoms with Crippen LogP contribution in [0, 0.1) is 11.6 Å². The first-order chi connectivity index (χ1) is 8.35. The van der Waals surface area contributed by atoms with Crippen molar-refractivity contribution in [1.29, 1.82) is 0 Å². The van der Waals surface area contributed by atoms with E-state index in [0.29, 0.717) is 0 Å². The molecule has 5 heteroatoms. The zero-order valence-corrected chi connectivity index (χ0v) is 12.0. The van der Waals surface area contributed by atoms with Crippen LogP contribution in [0.25, 0.3) is 0 Å². The van der Waals surface area contributed by atoms with Crippen molar-refractivity contribution >= 4 is 21.8 Å². The van der Waals surface area contributed by atoms with Gasteiger partial charge in [-0.15, -0.1) is 0 Å². The lowest BCUT2D eigenvalue weighted by molar-refractivity contribution is -0.122. The fourth-order valence-corrected chi connectivity index (χ4v) is 2.57. The number of alkyl halides is 1. The van der Waals surface area contributed by atoms with Gasteiger partial charge in [-0.3, -0.25) is 4.79 Å². The van der Waals surface area contributed by atoms with Gasteiger partial charge in [0.1, 0.15) is 11.6 Å². The summed E-state index contributed by atoms with van der Waals surface area (Å²) in [7, 11) is 0. The lowest BCUT2D eigenvalue weighted by Gasteiger charge is -2.25. The largest absolute Gasteiger partial charge is 0.351 e. The van der Waals surface area contributed by atoms with E-state index in [0.717, 1.165) is 23.9 Å². The number of halogens is 3. The number of carbonyl (C=O) groups excluding carboxylic acids is 1. The van der Waals surface area contributed by atoms with E-state index in [4.69, 9.17) is 0 Å². The van der Waals surface area contributed by atoms with E-state index >= 15 is 0 Å². The predicted molar refractivity (Wildman–Crippen MR) is 70.7 cm³/mol. The summed E-state index contributed by atoms with van der Waals surface area (Å²) in [6, 6.07) is 3.57. The number of carbonyl (C=O) groups is 1. The van der Waals surface area contributed by atoms with Gasteiger partial charge in [0.15, 0.2) is 0 Å². The highest BCUT2D eigenvalue weighted by atomic mass is 79.9. The molecule has 1 amide bonds. The van der Waals surface area contributed by atoms with E-state index in [-0.39, 0.29) is 17.9 Å². The average molecular weight is 320 g/mol. The molecule has 2 nitrogen and oxygen atoms in total. The normalized spacial score (nSPS) is 11.4. The van der Waals surface area contributed by atoms with Crippen LogP contribution in [0.4, 0.5) is 8.78 Å². The number of rotatable bonds is 5. The van der Waals surface area contributed by atoms with Gasteiger partial charge in [-0.05, 0) is 32.4 Å². The summed E-state index contributed by atoms with van der Waals surface area (Å²) in [5.41, 5.74) is -0.591. The van der Waals surface area contributed by atoms with Gasteiger partial charge in [0.25, 0.3) is 0 Å². The van der Waals surface area contributed by atoms with Gasteiger partial charge in [0.05, 0.1) is 6.42 Å². The van der Waals surface area contributed by atoms with Crippen LogP contribution in [-0.2, 0) is 11.2 Å². The van der Waals surface area contributed by atoms with Crippen LogP contribution >= 0.6 is 15.9 Å². The van der Waals surface area contributed by atoms with Gasteiger partial charge in [-0.2, -0.15) is 0 Å². The monoisotopic (exact) mass is 319 g/mol. The summed E-state index contributed by atoms with van der Waals surface area (Å²) in [6.07, 6.45) is 0.447. The second-order valence-electron chi connectivity index (χ2n) is 4.75. The van der Waals surface area contributed by atoms with Gasteiger partial charge in [0, 0.05) is 16.4 Å². The zero-order chi connectivity index (χ0) is 13.8. The molecule has 0 atom stereocenters. The zero-order valence-electron chi connectivity index (χ0n) is 10.4. The third-order valence-corrected chi connectivity index (χ3v) is 2.99. The SMILES string of the molecule is CC(C)(CCBr)NC(=O)Cc1c(F)cccc1F. The molecular weight excluding hydrogens is 304 g/mol. The summed E-state index contributed by atoms with van der Waals surface area (Å²) in [4.78, 5) is 11.7. The number of hydrogen-bond acceptors (Lipinski definition) is 1. The first kappa shape index (κ1) is 15.1. The van der Waals surface area contributed by atoms with Gasteiger partial charge in [-0.1, -0.05) is 22.0 Å². The first-order valence-electron chi connectivity index (χ1n) is 5.65. The Morgan fingerprint density at radius 2 is 1.89 bits per heavy atom. The lowest BCUT2D eigenvalue weighted by atomic mass is 10.0. The highest BCUT2D eigenvalue weighted by molar-refractivity contribution is 9.09. The van der Waals surface area contributed by atoms with Crippen molar-refractivity contribution in [3.8, 4) is 0 Å². The van der Waals surface area contributed by atoms with E-state index in [1.54, 1.807) is 0 Å². The Kier molecular flexibility index (Phi) is 5.26. The summed E-state index contributed by atoms with van der Waals surface area (Å²) in [6.45, 7) is 3.73.